The second kappa shape index (κ2) is 7.26. The molecule has 6 heteroatoms. The molecule has 2 N–H and O–H groups in total. The predicted octanol–water partition coefficient (Wildman–Crippen LogP) is 2.74. The van der Waals surface area contributed by atoms with Crippen LogP contribution in [0.25, 0.3) is 0 Å². The molecule has 0 saturated heterocycles. The van der Waals surface area contributed by atoms with Crippen LogP contribution >= 0.6 is 15.9 Å². The third-order valence-electron chi connectivity index (χ3n) is 3.38. The van der Waals surface area contributed by atoms with Gasteiger partial charge in [-0.2, -0.15) is 0 Å². The highest BCUT2D eigenvalue weighted by atomic mass is 79.9. The van der Waals surface area contributed by atoms with Crippen molar-refractivity contribution in [2.75, 3.05) is 0 Å². The number of amides is 2. The van der Waals surface area contributed by atoms with Crippen LogP contribution in [-0.2, 0) is 11.8 Å². The molecule has 0 fully saturated rings. The number of aromatic nitrogens is 1. The van der Waals surface area contributed by atoms with Gasteiger partial charge in [0.05, 0.1) is 0 Å². The smallest absolute Gasteiger partial charge is 0.286 e. The van der Waals surface area contributed by atoms with Gasteiger partial charge in [0.1, 0.15) is 5.69 Å². The van der Waals surface area contributed by atoms with Crippen molar-refractivity contribution in [1.29, 1.82) is 0 Å². The van der Waals surface area contributed by atoms with E-state index in [4.69, 9.17) is 0 Å². The summed E-state index contributed by atoms with van der Waals surface area (Å²) >= 11 is 3.30. The van der Waals surface area contributed by atoms with Crippen LogP contribution in [-0.4, -0.2) is 16.4 Å². The predicted molar refractivity (Wildman–Crippen MR) is 88.2 cm³/mol. The van der Waals surface area contributed by atoms with Gasteiger partial charge in [-0.25, -0.2) is 0 Å². The van der Waals surface area contributed by atoms with E-state index in [0.29, 0.717) is 12.1 Å². The van der Waals surface area contributed by atoms with Gasteiger partial charge in [0.25, 0.3) is 5.91 Å². The molecule has 1 aromatic carbocycles. The minimum atomic E-state index is -0.353. The number of nitrogens with one attached hydrogen (secondary N) is 2. The first-order valence-electron chi connectivity index (χ1n) is 6.93. The summed E-state index contributed by atoms with van der Waals surface area (Å²) in [6.07, 6.45) is 2.08. The number of benzene rings is 1. The molecule has 0 aliphatic carbocycles. The topological polar surface area (TPSA) is 63.1 Å². The molecule has 2 aromatic rings. The molecule has 1 unspecified atom stereocenters. The Morgan fingerprint density at radius 2 is 1.91 bits per heavy atom. The van der Waals surface area contributed by atoms with Crippen molar-refractivity contribution in [2.45, 2.75) is 19.3 Å². The second-order valence-electron chi connectivity index (χ2n) is 5.17. The first kappa shape index (κ1) is 16.3. The molecule has 1 aromatic heterocycles. The second-order valence-corrected chi connectivity index (χ2v) is 6.09. The van der Waals surface area contributed by atoms with E-state index in [0.717, 1.165) is 10.0 Å². The molecule has 0 aliphatic rings. The number of aryl methyl sites for hydroxylation is 1. The Hall–Kier alpha value is -2.08. The van der Waals surface area contributed by atoms with Gasteiger partial charge in [-0.1, -0.05) is 37.3 Å². The third kappa shape index (κ3) is 4.21. The van der Waals surface area contributed by atoms with E-state index in [1.807, 2.05) is 37.3 Å². The number of rotatable bonds is 4. The lowest BCUT2D eigenvalue weighted by molar-refractivity contribution is -0.122. The van der Waals surface area contributed by atoms with Crippen LogP contribution in [0.5, 0.6) is 0 Å². The maximum Gasteiger partial charge on any atom is 0.286 e. The van der Waals surface area contributed by atoms with E-state index in [1.54, 1.807) is 23.9 Å². The maximum absolute atomic E-state index is 12.0. The Morgan fingerprint density at radius 3 is 2.50 bits per heavy atom. The van der Waals surface area contributed by atoms with Crippen molar-refractivity contribution in [3.8, 4) is 0 Å². The molecule has 2 rings (SSSR count). The van der Waals surface area contributed by atoms with Crippen molar-refractivity contribution in [1.82, 2.24) is 15.4 Å². The van der Waals surface area contributed by atoms with E-state index in [1.165, 1.54) is 0 Å². The summed E-state index contributed by atoms with van der Waals surface area (Å²) in [5.41, 5.74) is 6.43. The molecule has 0 spiro atoms. The van der Waals surface area contributed by atoms with E-state index in [-0.39, 0.29) is 17.7 Å². The number of hydrogen-bond donors (Lipinski definition) is 2. The average molecular weight is 364 g/mol. The molecule has 0 bridgehead atoms. The monoisotopic (exact) mass is 363 g/mol. The van der Waals surface area contributed by atoms with E-state index < -0.39 is 0 Å². The number of hydrazine groups is 1. The zero-order chi connectivity index (χ0) is 16.1. The molecule has 2 amide bonds. The molecule has 0 saturated carbocycles. The zero-order valence-corrected chi connectivity index (χ0v) is 14.1. The fourth-order valence-corrected chi connectivity index (χ4v) is 2.69. The first-order valence-corrected chi connectivity index (χ1v) is 7.72. The van der Waals surface area contributed by atoms with Crippen molar-refractivity contribution in [3.05, 3.63) is 58.3 Å². The summed E-state index contributed by atoms with van der Waals surface area (Å²) < 4.78 is 2.49. The van der Waals surface area contributed by atoms with E-state index >= 15 is 0 Å². The van der Waals surface area contributed by atoms with Gasteiger partial charge in [-0.3, -0.25) is 20.4 Å². The SMILES string of the molecule is CC(CC(=O)NNC(=O)c1cc(Br)cn1C)c1ccccc1. The Bertz CT molecular complexity index is 667. The van der Waals surface area contributed by atoms with Crippen molar-refractivity contribution in [2.24, 2.45) is 7.05 Å². The van der Waals surface area contributed by atoms with Gasteiger partial charge in [0.2, 0.25) is 5.91 Å². The van der Waals surface area contributed by atoms with Crippen LogP contribution < -0.4 is 10.9 Å². The maximum atomic E-state index is 12.0. The van der Waals surface area contributed by atoms with E-state index in [2.05, 4.69) is 26.8 Å². The summed E-state index contributed by atoms with van der Waals surface area (Å²) in [7, 11) is 1.76. The highest BCUT2D eigenvalue weighted by molar-refractivity contribution is 9.10. The van der Waals surface area contributed by atoms with Gasteiger partial charge in [0.15, 0.2) is 0 Å². The molecular weight excluding hydrogens is 346 g/mol. The third-order valence-corrected chi connectivity index (χ3v) is 3.81. The lowest BCUT2D eigenvalue weighted by Gasteiger charge is -2.12. The van der Waals surface area contributed by atoms with Crippen LogP contribution in [0.3, 0.4) is 0 Å². The minimum Gasteiger partial charge on any atom is -0.345 e. The van der Waals surface area contributed by atoms with Crippen LogP contribution in [0.15, 0.2) is 47.1 Å². The molecule has 5 nitrogen and oxygen atoms in total. The average Bonchev–Trinajstić information content (AvgIpc) is 2.84. The Kier molecular flexibility index (Phi) is 5.38. The van der Waals surface area contributed by atoms with Crippen LogP contribution in [0, 0.1) is 0 Å². The summed E-state index contributed by atoms with van der Waals surface area (Å²) in [5.74, 6) is -0.492. The number of nitrogens with zero attached hydrogens (tertiary/aromatic N) is 1. The summed E-state index contributed by atoms with van der Waals surface area (Å²) in [4.78, 5) is 23.9. The quantitative estimate of drug-likeness (QED) is 0.820. The van der Waals surface area contributed by atoms with Crippen LogP contribution in [0.2, 0.25) is 0 Å². The molecule has 1 heterocycles. The lowest BCUT2D eigenvalue weighted by atomic mass is 9.98. The largest absolute Gasteiger partial charge is 0.345 e. The standard InChI is InChI=1S/C16H18BrN3O2/c1-11(12-6-4-3-5-7-12)8-15(21)18-19-16(22)14-9-13(17)10-20(14)2/h3-7,9-11H,8H2,1-2H3,(H,18,21)(H,19,22). The summed E-state index contributed by atoms with van der Waals surface area (Å²) in [6, 6.07) is 11.5. The highest BCUT2D eigenvalue weighted by Gasteiger charge is 2.14. The van der Waals surface area contributed by atoms with E-state index in [9.17, 15) is 9.59 Å². The van der Waals surface area contributed by atoms with Gasteiger partial charge in [-0.05, 0) is 33.5 Å². The highest BCUT2D eigenvalue weighted by Crippen LogP contribution is 2.18. The molecule has 1 atom stereocenters. The lowest BCUT2D eigenvalue weighted by Crippen LogP contribution is -2.42. The van der Waals surface area contributed by atoms with Crippen LogP contribution in [0.1, 0.15) is 35.3 Å². The Labute approximate surface area is 137 Å². The summed E-state index contributed by atoms with van der Waals surface area (Å²) in [5, 5.41) is 0. The van der Waals surface area contributed by atoms with Crippen molar-refractivity contribution in [3.63, 3.8) is 0 Å². The molecule has 0 aliphatic heterocycles. The van der Waals surface area contributed by atoms with Crippen molar-refractivity contribution < 1.29 is 9.59 Å². The molecule has 22 heavy (non-hydrogen) atoms. The zero-order valence-electron chi connectivity index (χ0n) is 12.5. The fraction of sp³-hybridized carbons (Fsp3) is 0.250. The summed E-state index contributed by atoms with van der Waals surface area (Å²) in [6.45, 7) is 1.98. The Balaban J connectivity index is 1.85. The number of halogens is 1. The normalized spacial score (nSPS) is 11.8. The number of carbonyl (C=O) groups is 2. The van der Waals surface area contributed by atoms with Crippen molar-refractivity contribution >= 4 is 27.7 Å². The fourth-order valence-electron chi connectivity index (χ4n) is 2.17. The van der Waals surface area contributed by atoms with Gasteiger partial charge in [0, 0.05) is 24.1 Å². The van der Waals surface area contributed by atoms with Gasteiger partial charge in [-0.15, -0.1) is 0 Å². The minimum absolute atomic E-state index is 0.0854. The van der Waals surface area contributed by atoms with Crippen LogP contribution in [0.4, 0.5) is 0 Å². The van der Waals surface area contributed by atoms with Gasteiger partial charge >= 0.3 is 0 Å². The Morgan fingerprint density at radius 1 is 1.23 bits per heavy atom. The van der Waals surface area contributed by atoms with Gasteiger partial charge < -0.3 is 4.57 Å². The number of carbonyl (C=O) groups excluding carboxylic acids is 2. The molecule has 0 radical (unpaired) electrons. The molecule has 116 valence electrons. The first-order chi connectivity index (χ1) is 10.5. The molecular formula is C16H18BrN3O2. The number of hydrogen-bond acceptors (Lipinski definition) is 2.